The highest BCUT2D eigenvalue weighted by molar-refractivity contribution is 7.99. The largest absolute Gasteiger partial charge is 0.482 e. The smallest absolute Gasteiger partial charge is 0.257 e. The van der Waals surface area contributed by atoms with Gasteiger partial charge < -0.3 is 10.1 Å². The van der Waals surface area contributed by atoms with Gasteiger partial charge in [-0.2, -0.15) is 4.31 Å². The molecule has 9 nitrogen and oxygen atoms in total. The van der Waals surface area contributed by atoms with Crippen LogP contribution in [-0.2, 0) is 14.8 Å². The summed E-state index contributed by atoms with van der Waals surface area (Å²) in [7, 11) is -3.59. The fraction of sp³-hybridized carbons (Fsp3) is 0.348. The second kappa shape index (κ2) is 11.9. The zero-order chi connectivity index (χ0) is 24.7. The number of rotatable bonds is 10. The monoisotopic (exact) mass is 535 g/mol. The van der Waals surface area contributed by atoms with Gasteiger partial charge in [-0.1, -0.05) is 60.1 Å². The summed E-state index contributed by atoms with van der Waals surface area (Å²) in [6.07, 6.45) is 2.75. The minimum atomic E-state index is -3.59. The van der Waals surface area contributed by atoms with E-state index < -0.39 is 10.0 Å². The molecule has 2 aromatic carbocycles. The number of benzene rings is 2. The van der Waals surface area contributed by atoms with Gasteiger partial charge >= 0.3 is 0 Å². The minimum absolute atomic E-state index is 0.126. The third kappa shape index (κ3) is 6.75. The lowest BCUT2D eigenvalue weighted by atomic mass is 10.2. The molecule has 0 saturated carbocycles. The molecular formula is C23H26ClN5O4S2. The van der Waals surface area contributed by atoms with Gasteiger partial charge in [0, 0.05) is 31.0 Å². The molecule has 2 heterocycles. The van der Waals surface area contributed by atoms with E-state index in [-0.39, 0.29) is 28.2 Å². The predicted octanol–water partition coefficient (Wildman–Crippen LogP) is 3.59. The normalized spacial score (nSPS) is 14.5. The molecular weight excluding hydrogens is 510 g/mol. The number of aromatic amines is 1. The van der Waals surface area contributed by atoms with Crippen molar-refractivity contribution in [1.82, 2.24) is 24.8 Å². The number of nitrogens with one attached hydrogen (secondary N) is 2. The van der Waals surface area contributed by atoms with Crippen LogP contribution in [0.3, 0.4) is 0 Å². The summed E-state index contributed by atoms with van der Waals surface area (Å²) in [6.45, 7) is 1.20. The Hall–Kier alpha value is -2.60. The predicted molar refractivity (Wildman–Crippen MR) is 135 cm³/mol. The number of piperidine rings is 1. The molecule has 0 bridgehead atoms. The van der Waals surface area contributed by atoms with Crippen LogP contribution in [0.2, 0.25) is 5.02 Å². The number of H-pyrrole nitrogens is 1. The van der Waals surface area contributed by atoms with Crippen molar-refractivity contribution in [1.29, 1.82) is 0 Å². The van der Waals surface area contributed by atoms with Gasteiger partial charge in [0.25, 0.3) is 5.91 Å². The molecule has 4 rings (SSSR count). The number of aromatic nitrogens is 3. The van der Waals surface area contributed by atoms with Crippen LogP contribution in [0.15, 0.2) is 58.6 Å². The number of carbonyl (C=O) groups excluding carboxylic acids is 1. The van der Waals surface area contributed by atoms with Crippen molar-refractivity contribution in [3.05, 3.63) is 53.6 Å². The van der Waals surface area contributed by atoms with Crippen LogP contribution >= 0.6 is 23.4 Å². The highest BCUT2D eigenvalue weighted by atomic mass is 35.5. The fourth-order valence-corrected chi connectivity index (χ4v) is 6.07. The lowest BCUT2D eigenvalue weighted by Crippen LogP contribution is -2.35. The molecule has 1 aromatic heterocycles. The average molecular weight is 536 g/mol. The summed E-state index contributed by atoms with van der Waals surface area (Å²) < 4.78 is 32.5. The Labute approximate surface area is 213 Å². The number of carbonyl (C=O) groups is 1. The van der Waals surface area contributed by atoms with E-state index in [1.165, 1.54) is 34.3 Å². The first-order valence-corrected chi connectivity index (χ1v) is 14.0. The minimum Gasteiger partial charge on any atom is -0.482 e. The van der Waals surface area contributed by atoms with Crippen molar-refractivity contribution in [2.75, 3.05) is 32.0 Å². The second-order valence-corrected chi connectivity index (χ2v) is 11.3. The molecule has 0 atom stereocenters. The number of hydrogen-bond donors (Lipinski definition) is 2. The first kappa shape index (κ1) is 25.5. The van der Waals surface area contributed by atoms with E-state index in [9.17, 15) is 13.2 Å². The molecule has 0 radical (unpaired) electrons. The topological polar surface area (TPSA) is 117 Å². The van der Waals surface area contributed by atoms with Crippen molar-refractivity contribution in [3.63, 3.8) is 0 Å². The Bertz CT molecular complexity index is 1250. The van der Waals surface area contributed by atoms with Gasteiger partial charge in [0.2, 0.25) is 15.2 Å². The van der Waals surface area contributed by atoms with E-state index in [0.717, 1.165) is 24.8 Å². The van der Waals surface area contributed by atoms with Gasteiger partial charge in [0.05, 0.1) is 9.92 Å². The summed E-state index contributed by atoms with van der Waals surface area (Å²) in [6, 6.07) is 14.0. The average Bonchev–Trinajstić information content (AvgIpc) is 3.36. The number of sulfonamides is 1. The highest BCUT2D eigenvalue weighted by Gasteiger charge is 2.26. The number of ether oxygens (including phenoxy) is 1. The molecule has 186 valence electrons. The zero-order valence-corrected chi connectivity index (χ0v) is 21.3. The Morgan fingerprint density at radius 2 is 1.91 bits per heavy atom. The van der Waals surface area contributed by atoms with Crippen LogP contribution < -0.4 is 10.1 Å². The van der Waals surface area contributed by atoms with E-state index in [1.54, 1.807) is 0 Å². The van der Waals surface area contributed by atoms with E-state index in [4.69, 9.17) is 16.3 Å². The van der Waals surface area contributed by atoms with Crippen LogP contribution in [-0.4, -0.2) is 65.8 Å². The molecule has 0 spiro atoms. The maximum atomic E-state index is 12.8. The third-order valence-electron chi connectivity index (χ3n) is 5.38. The van der Waals surface area contributed by atoms with Gasteiger partial charge in [-0.05, 0) is 31.0 Å². The number of halogens is 1. The molecule has 12 heteroatoms. The van der Waals surface area contributed by atoms with Crippen molar-refractivity contribution in [3.8, 4) is 17.1 Å². The van der Waals surface area contributed by atoms with Crippen LogP contribution in [0, 0.1) is 0 Å². The Balaban J connectivity index is 1.21. The molecule has 0 aliphatic carbocycles. The van der Waals surface area contributed by atoms with Crippen LogP contribution in [0.4, 0.5) is 0 Å². The van der Waals surface area contributed by atoms with Gasteiger partial charge in [-0.25, -0.2) is 13.4 Å². The molecule has 3 aromatic rings. The molecule has 1 fully saturated rings. The summed E-state index contributed by atoms with van der Waals surface area (Å²) in [4.78, 5) is 16.7. The molecule has 0 unspecified atom stereocenters. The van der Waals surface area contributed by atoms with Crippen molar-refractivity contribution in [2.45, 2.75) is 29.3 Å². The molecule has 1 aliphatic rings. The van der Waals surface area contributed by atoms with E-state index in [1.807, 2.05) is 30.3 Å². The molecule has 1 amide bonds. The van der Waals surface area contributed by atoms with E-state index >= 15 is 0 Å². The number of thioether (sulfide) groups is 1. The maximum absolute atomic E-state index is 12.8. The second-order valence-electron chi connectivity index (χ2n) is 7.88. The summed E-state index contributed by atoms with van der Waals surface area (Å²) in [5.41, 5.74) is 0.952. The van der Waals surface area contributed by atoms with E-state index in [2.05, 4.69) is 20.5 Å². The first-order valence-electron chi connectivity index (χ1n) is 11.2. The van der Waals surface area contributed by atoms with Crippen LogP contribution in [0.25, 0.3) is 11.4 Å². The Kier molecular flexibility index (Phi) is 8.66. The van der Waals surface area contributed by atoms with Gasteiger partial charge in [-0.3, -0.25) is 9.89 Å². The summed E-state index contributed by atoms with van der Waals surface area (Å²) >= 11 is 7.66. The number of nitrogens with zero attached hydrogens (tertiary/aromatic N) is 3. The number of hydrogen-bond acceptors (Lipinski definition) is 7. The van der Waals surface area contributed by atoms with Crippen molar-refractivity contribution < 1.29 is 17.9 Å². The third-order valence-corrected chi connectivity index (χ3v) is 8.42. The molecule has 1 saturated heterocycles. The molecule has 35 heavy (non-hydrogen) atoms. The van der Waals surface area contributed by atoms with Crippen molar-refractivity contribution >= 4 is 39.3 Å². The summed E-state index contributed by atoms with van der Waals surface area (Å²) in [5, 5.41) is 10.6. The number of amides is 1. The SMILES string of the molecule is O=C(COc1ccc(S(=O)(=O)N2CCCCC2)cc1Cl)NCCSc1n[nH]c(-c2ccccc2)n1. The van der Waals surface area contributed by atoms with Gasteiger partial charge in [-0.15, -0.1) is 5.10 Å². The highest BCUT2D eigenvalue weighted by Crippen LogP contribution is 2.29. The lowest BCUT2D eigenvalue weighted by Gasteiger charge is -2.26. The van der Waals surface area contributed by atoms with Gasteiger partial charge in [0.15, 0.2) is 12.4 Å². The van der Waals surface area contributed by atoms with E-state index in [0.29, 0.717) is 36.4 Å². The Morgan fingerprint density at radius 3 is 2.66 bits per heavy atom. The Morgan fingerprint density at radius 1 is 1.14 bits per heavy atom. The first-order chi connectivity index (χ1) is 16.9. The molecule has 1 aliphatic heterocycles. The van der Waals surface area contributed by atoms with Crippen LogP contribution in [0.5, 0.6) is 5.75 Å². The quantitative estimate of drug-likeness (QED) is 0.301. The maximum Gasteiger partial charge on any atom is 0.257 e. The summed E-state index contributed by atoms with van der Waals surface area (Å²) in [5.74, 6) is 1.22. The van der Waals surface area contributed by atoms with Crippen LogP contribution in [0.1, 0.15) is 19.3 Å². The lowest BCUT2D eigenvalue weighted by molar-refractivity contribution is -0.122. The zero-order valence-electron chi connectivity index (χ0n) is 18.9. The standard InChI is InChI=1S/C23H26ClN5O4S2/c24-19-15-18(35(31,32)29-12-5-2-6-13-29)9-10-20(19)33-16-21(30)25-11-14-34-23-26-22(27-28-23)17-7-3-1-4-8-17/h1,3-4,7-10,15H,2,5-6,11-14,16H2,(H,25,30)(H,26,27,28). The van der Waals surface area contributed by atoms with Crippen molar-refractivity contribution in [2.24, 2.45) is 0 Å². The van der Waals surface area contributed by atoms with Gasteiger partial charge in [0.1, 0.15) is 5.75 Å². The fourth-order valence-electron chi connectivity index (χ4n) is 3.58. The molecule has 2 N–H and O–H groups in total.